The number of nitrogens with one attached hydrogen (secondary N) is 2. The number of carboxylic acid groups (broad SMARTS) is 1. The zero-order chi connectivity index (χ0) is 16.7. The molecule has 5 heteroatoms. The molecule has 0 spiro atoms. The lowest BCUT2D eigenvalue weighted by atomic mass is 9.53. The van der Waals surface area contributed by atoms with E-state index in [0.29, 0.717) is 5.69 Å². The second-order valence-electron chi connectivity index (χ2n) is 8.04. The first-order valence-corrected chi connectivity index (χ1v) is 8.90. The Hall–Kier alpha value is -2.04. The predicted molar refractivity (Wildman–Crippen MR) is 90.8 cm³/mol. The molecule has 5 nitrogen and oxygen atoms in total. The molecule has 24 heavy (non-hydrogen) atoms. The van der Waals surface area contributed by atoms with Crippen molar-refractivity contribution >= 4 is 17.7 Å². The minimum atomic E-state index is -0.852. The Labute approximate surface area is 141 Å². The molecule has 0 heterocycles. The monoisotopic (exact) mass is 328 g/mol. The van der Waals surface area contributed by atoms with E-state index in [2.05, 4.69) is 10.6 Å². The quantitative estimate of drug-likeness (QED) is 0.792. The highest BCUT2D eigenvalue weighted by Crippen LogP contribution is 2.55. The molecule has 5 rings (SSSR count). The Balaban J connectivity index is 1.37. The molecule has 0 saturated heterocycles. The van der Waals surface area contributed by atoms with Gasteiger partial charge in [-0.05, 0) is 74.0 Å². The summed E-state index contributed by atoms with van der Waals surface area (Å²) in [6.07, 6.45) is 7.45. The number of aliphatic carboxylic acids is 1. The molecule has 0 atom stereocenters. The molecule has 4 fully saturated rings. The van der Waals surface area contributed by atoms with Gasteiger partial charge >= 0.3 is 12.0 Å². The second kappa shape index (κ2) is 5.80. The molecule has 4 aliphatic carbocycles. The first kappa shape index (κ1) is 15.5. The first-order chi connectivity index (χ1) is 11.5. The van der Waals surface area contributed by atoms with Crippen LogP contribution in [0.5, 0.6) is 0 Å². The number of anilines is 1. The molecule has 2 amide bonds. The van der Waals surface area contributed by atoms with Crippen LogP contribution in [0.25, 0.3) is 0 Å². The van der Waals surface area contributed by atoms with Crippen molar-refractivity contribution in [2.45, 2.75) is 50.5 Å². The van der Waals surface area contributed by atoms with Gasteiger partial charge in [0, 0.05) is 11.2 Å². The molecule has 0 aromatic heterocycles. The van der Waals surface area contributed by atoms with Crippen molar-refractivity contribution in [1.82, 2.24) is 5.32 Å². The van der Waals surface area contributed by atoms with Gasteiger partial charge in [0.25, 0.3) is 0 Å². The largest absolute Gasteiger partial charge is 0.481 e. The van der Waals surface area contributed by atoms with Crippen molar-refractivity contribution in [3.05, 3.63) is 29.8 Å². The van der Waals surface area contributed by atoms with Crippen molar-refractivity contribution in [2.75, 3.05) is 5.32 Å². The van der Waals surface area contributed by atoms with Crippen molar-refractivity contribution in [3.63, 3.8) is 0 Å². The fraction of sp³-hybridized carbons (Fsp3) is 0.579. The molecule has 0 radical (unpaired) electrons. The zero-order valence-corrected chi connectivity index (χ0v) is 13.8. The molecule has 1 aromatic rings. The van der Waals surface area contributed by atoms with Crippen molar-refractivity contribution in [2.24, 2.45) is 17.8 Å². The van der Waals surface area contributed by atoms with Crippen LogP contribution in [-0.2, 0) is 11.2 Å². The number of urea groups is 1. The second-order valence-corrected chi connectivity index (χ2v) is 8.04. The molecule has 4 bridgehead atoms. The highest BCUT2D eigenvalue weighted by atomic mass is 16.4. The number of amides is 2. The van der Waals surface area contributed by atoms with E-state index in [1.165, 1.54) is 19.3 Å². The van der Waals surface area contributed by atoms with Crippen LogP contribution in [-0.4, -0.2) is 22.6 Å². The average molecular weight is 328 g/mol. The maximum atomic E-state index is 12.4. The van der Waals surface area contributed by atoms with Crippen LogP contribution in [0.15, 0.2) is 24.3 Å². The number of carbonyl (C=O) groups is 2. The van der Waals surface area contributed by atoms with Crippen molar-refractivity contribution in [3.8, 4) is 0 Å². The Morgan fingerprint density at radius 1 is 1.00 bits per heavy atom. The van der Waals surface area contributed by atoms with E-state index in [1.807, 2.05) is 0 Å². The van der Waals surface area contributed by atoms with E-state index < -0.39 is 5.97 Å². The number of hydrogen-bond acceptors (Lipinski definition) is 2. The summed E-state index contributed by atoms with van der Waals surface area (Å²) >= 11 is 0. The van der Waals surface area contributed by atoms with Gasteiger partial charge in [-0.2, -0.15) is 0 Å². The minimum absolute atomic E-state index is 0.000245. The van der Waals surface area contributed by atoms with Crippen LogP contribution in [0.4, 0.5) is 10.5 Å². The van der Waals surface area contributed by atoms with Crippen LogP contribution in [0.2, 0.25) is 0 Å². The Kier molecular flexibility index (Phi) is 3.74. The van der Waals surface area contributed by atoms with Crippen LogP contribution in [0.3, 0.4) is 0 Å². The number of carboxylic acids is 1. The van der Waals surface area contributed by atoms with Crippen LogP contribution in [0, 0.1) is 17.8 Å². The summed E-state index contributed by atoms with van der Waals surface area (Å²) in [5, 5.41) is 15.0. The lowest BCUT2D eigenvalue weighted by molar-refractivity contribution is -0.136. The first-order valence-electron chi connectivity index (χ1n) is 8.90. The molecule has 1 aromatic carbocycles. The summed E-state index contributed by atoms with van der Waals surface area (Å²) in [6.45, 7) is 0. The highest BCUT2D eigenvalue weighted by molar-refractivity contribution is 5.89. The number of carbonyl (C=O) groups excluding carboxylic acids is 1. The third-order valence-corrected chi connectivity index (χ3v) is 5.98. The number of rotatable bonds is 4. The fourth-order valence-electron chi connectivity index (χ4n) is 5.55. The maximum Gasteiger partial charge on any atom is 0.319 e. The van der Waals surface area contributed by atoms with E-state index in [-0.39, 0.29) is 18.0 Å². The van der Waals surface area contributed by atoms with Gasteiger partial charge in [0.2, 0.25) is 0 Å². The third-order valence-electron chi connectivity index (χ3n) is 5.98. The van der Waals surface area contributed by atoms with Gasteiger partial charge in [-0.3, -0.25) is 4.79 Å². The smallest absolute Gasteiger partial charge is 0.319 e. The third kappa shape index (κ3) is 3.12. The molecule has 3 N–H and O–H groups in total. The number of benzene rings is 1. The maximum absolute atomic E-state index is 12.4. The van der Waals surface area contributed by atoms with Gasteiger partial charge in [0.15, 0.2) is 0 Å². The summed E-state index contributed by atoms with van der Waals surface area (Å²) in [5.74, 6) is 1.54. The molecule has 128 valence electrons. The lowest BCUT2D eigenvalue weighted by Gasteiger charge is -2.56. The van der Waals surface area contributed by atoms with Gasteiger partial charge in [0.1, 0.15) is 0 Å². The molecule has 0 aliphatic heterocycles. The molecule has 4 saturated carbocycles. The van der Waals surface area contributed by atoms with Crippen molar-refractivity contribution in [1.29, 1.82) is 0 Å². The van der Waals surface area contributed by atoms with E-state index in [1.54, 1.807) is 24.3 Å². The minimum Gasteiger partial charge on any atom is -0.481 e. The Morgan fingerprint density at radius 3 is 2.04 bits per heavy atom. The Bertz CT molecular complexity index is 618. The predicted octanol–water partition coefficient (Wildman–Crippen LogP) is 3.40. The SMILES string of the molecule is O=C(O)Cc1ccc(NC(=O)NC23CC4CC(CC(C4)C2)C3)cc1. The summed E-state index contributed by atoms with van der Waals surface area (Å²) in [5.41, 5.74) is 1.43. The van der Waals surface area contributed by atoms with Gasteiger partial charge < -0.3 is 15.7 Å². The van der Waals surface area contributed by atoms with Crippen LogP contribution < -0.4 is 10.6 Å². The number of hydrogen-bond donors (Lipinski definition) is 3. The normalized spacial score (nSPS) is 33.2. The zero-order valence-electron chi connectivity index (χ0n) is 13.8. The highest BCUT2D eigenvalue weighted by Gasteiger charge is 2.51. The van der Waals surface area contributed by atoms with Crippen LogP contribution >= 0.6 is 0 Å². The fourth-order valence-corrected chi connectivity index (χ4v) is 5.55. The van der Waals surface area contributed by atoms with Gasteiger partial charge in [0.05, 0.1) is 6.42 Å². The summed E-state index contributed by atoms with van der Waals surface area (Å²) < 4.78 is 0. The van der Waals surface area contributed by atoms with Gasteiger partial charge in [-0.25, -0.2) is 4.79 Å². The molecule has 0 unspecified atom stereocenters. The van der Waals surface area contributed by atoms with Gasteiger partial charge in [-0.15, -0.1) is 0 Å². The Morgan fingerprint density at radius 2 is 1.54 bits per heavy atom. The molecular weight excluding hydrogens is 304 g/mol. The van der Waals surface area contributed by atoms with Gasteiger partial charge in [-0.1, -0.05) is 12.1 Å². The van der Waals surface area contributed by atoms with Crippen LogP contribution in [0.1, 0.15) is 44.1 Å². The molecule has 4 aliphatic rings. The van der Waals surface area contributed by atoms with E-state index in [0.717, 1.165) is 42.6 Å². The summed E-state index contributed by atoms with van der Waals surface area (Å²) in [4.78, 5) is 23.1. The lowest BCUT2D eigenvalue weighted by Crippen LogP contribution is -2.60. The van der Waals surface area contributed by atoms with E-state index in [4.69, 9.17) is 5.11 Å². The van der Waals surface area contributed by atoms with E-state index >= 15 is 0 Å². The standard InChI is InChI=1S/C19H24N2O3/c22-17(23)8-12-1-3-16(4-2-12)20-18(24)21-19-9-13-5-14(10-19)7-15(6-13)11-19/h1-4,13-15H,5-11H2,(H,22,23)(H2,20,21,24). The van der Waals surface area contributed by atoms with E-state index in [9.17, 15) is 9.59 Å². The summed E-state index contributed by atoms with van der Waals surface area (Å²) in [6, 6.07) is 6.88. The molecular formula is C19H24N2O3. The topological polar surface area (TPSA) is 78.4 Å². The van der Waals surface area contributed by atoms with Crippen molar-refractivity contribution < 1.29 is 14.7 Å². The summed E-state index contributed by atoms with van der Waals surface area (Å²) in [7, 11) is 0. The average Bonchev–Trinajstić information content (AvgIpc) is 2.46.